The second-order valence-electron chi connectivity index (χ2n) is 5.47. The summed E-state index contributed by atoms with van der Waals surface area (Å²) in [6.45, 7) is 0. The molecule has 3 heteroatoms. The van der Waals surface area contributed by atoms with Crippen molar-refractivity contribution in [1.82, 2.24) is 0 Å². The number of fused-ring (bicyclic) bond motifs is 1. The van der Waals surface area contributed by atoms with Gasteiger partial charge in [-0.25, -0.2) is 0 Å². The van der Waals surface area contributed by atoms with E-state index in [2.05, 4.69) is 28.1 Å². The molecule has 1 aromatic carbocycles. The van der Waals surface area contributed by atoms with Crippen LogP contribution >= 0.6 is 27.3 Å². The molecule has 0 bridgehead atoms. The van der Waals surface area contributed by atoms with Crippen molar-refractivity contribution in [2.45, 2.75) is 44.6 Å². The molecule has 0 radical (unpaired) electrons. The van der Waals surface area contributed by atoms with Gasteiger partial charge in [0.15, 0.2) is 0 Å². The molecular formula is C17H19BrOS. The van der Waals surface area contributed by atoms with Gasteiger partial charge in [-0.3, -0.25) is 0 Å². The van der Waals surface area contributed by atoms with Crippen molar-refractivity contribution in [2.24, 2.45) is 0 Å². The molecular weight excluding hydrogens is 332 g/mol. The summed E-state index contributed by atoms with van der Waals surface area (Å²) in [5.74, 6) is 0. The van der Waals surface area contributed by atoms with E-state index in [0.717, 1.165) is 9.35 Å². The van der Waals surface area contributed by atoms with Crippen molar-refractivity contribution < 1.29 is 5.11 Å². The van der Waals surface area contributed by atoms with E-state index in [1.807, 2.05) is 29.5 Å². The van der Waals surface area contributed by atoms with Crippen molar-refractivity contribution >= 4 is 27.3 Å². The van der Waals surface area contributed by atoms with Crippen molar-refractivity contribution in [2.75, 3.05) is 0 Å². The van der Waals surface area contributed by atoms with Crippen LogP contribution in [0.3, 0.4) is 0 Å². The topological polar surface area (TPSA) is 20.2 Å². The second-order valence-corrected chi connectivity index (χ2v) is 7.49. The number of aryl methyl sites for hydroxylation is 2. The Hall–Kier alpha value is -0.640. The van der Waals surface area contributed by atoms with Crippen LogP contribution in [-0.4, -0.2) is 5.11 Å². The van der Waals surface area contributed by atoms with Gasteiger partial charge in [-0.05, 0) is 48.9 Å². The zero-order valence-electron chi connectivity index (χ0n) is 11.4. The lowest BCUT2D eigenvalue weighted by Gasteiger charge is -2.10. The predicted molar refractivity (Wildman–Crippen MR) is 88.4 cm³/mol. The number of aliphatic hydroxyl groups excluding tert-OH is 1. The average Bonchev–Trinajstić information content (AvgIpc) is 2.73. The Balaban J connectivity index is 1.77. The molecule has 0 fully saturated rings. The number of thiophene rings is 1. The second kappa shape index (κ2) is 6.42. The van der Waals surface area contributed by atoms with Crippen LogP contribution in [0.1, 0.15) is 46.2 Å². The highest BCUT2D eigenvalue weighted by Crippen LogP contribution is 2.34. The summed E-state index contributed by atoms with van der Waals surface area (Å²) < 4.78 is 1.08. The summed E-state index contributed by atoms with van der Waals surface area (Å²) in [7, 11) is 0. The van der Waals surface area contributed by atoms with E-state index in [1.165, 1.54) is 48.1 Å². The summed E-state index contributed by atoms with van der Waals surface area (Å²) in [5.41, 5.74) is 2.65. The lowest BCUT2D eigenvalue weighted by Crippen LogP contribution is -2.00. The zero-order chi connectivity index (χ0) is 13.9. The summed E-state index contributed by atoms with van der Waals surface area (Å²) >= 11 is 5.37. The largest absolute Gasteiger partial charge is 0.387 e. The fourth-order valence-corrected chi connectivity index (χ4v) is 4.52. The molecule has 1 atom stereocenters. The number of benzene rings is 1. The van der Waals surface area contributed by atoms with Gasteiger partial charge < -0.3 is 5.11 Å². The van der Waals surface area contributed by atoms with Gasteiger partial charge in [-0.2, -0.15) is 0 Å². The van der Waals surface area contributed by atoms with Gasteiger partial charge >= 0.3 is 0 Å². The van der Waals surface area contributed by atoms with E-state index in [1.54, 1.807) is 0 Å². The molecule has 2 aromatic rings. The minimum atomic E-state index is -0.384. The van der Waals surface area contributed by atoms with Gasteiger partial charge in [-0.15, -0.1) is 11.3 Å². The smallest absolute Gasteiger partial charge is 0.0922 e. The molecule has 1 unspecified atom stereocenters. The maximum Gasteiger partial charge on any atom is 0.0922 e. The third kappa shape index (κ3) is 3.16. The number of rotatable bonds is 3. The Kier molecular flexibility index (Phi) is 4.59. The molecule has 106 valence electrons. The molecule has 0 saturated heterocycles. The number of hydrogen-bond acceptors (Lipinski definition) is 2. The highest BCUT2D eigenvalue weighted by Gasteiger charge is 2.17. The average molecular weight is 351 g/mol. The first-order valence-electron chi connectivity index (χ1n) is 7.27. The van der Waals surface area contributed by atoms with Crippen LogP contribution in [0.4, 0.5) is 0 Å². The minimum Gasteiger partial charge on any atom is -0.387 e. The van der Waals surface area contributed by atoms with Crippen LogP contribution in [0.2, 0.25) is 0 Å². The maximum absolute atomic E-state index is 10.5. The fourth-order valence-electron chi connectivity index (χ4n) is 2.83. The Morgan fingerprint density at radius 2 is 1.95 bits per heavy atom. The highest BCUT2D eigenvalue weighted by molar-refractivity contribution is 9.10. The fraction of sp³-hybridized carbons (Fsp3) is 0.412. The van der Waals surface area contributed by atoms with Gasteiger partial charge in [0.2, 0.25) is 0 Å². The van der Waals surface area contributed by atoms with Gasteiger partial charge in [-0.1, -0.05) is 40.5 Å². The monoisotopic (exact) mass is 350 g/mol. The minimum absolute atomic E-state index is 0.384. The third-order valence-corrected chi connectivity index (χ3v) is 6.08. The molecule has 1 heterocycles. The first kappa shape index (κ1) is 14.3. The number of hydrogen-bond donors (Lipinski definition) is 1. The molecule has 1 aromatic heterocycles. The first-order valence-corrected chi connectivity index (χ1v) is 8.88. The molecule has 20 heavy (non-hydrogen) atoms. The van der Waals surface area contributed by atoms with Crippen LogP contribution in [0.25, 0.3) is 0 Å². The molecule has 0 amide bonds. The van der Waals surface area contributed by atoms with Crippen LogP contribution in [0.5, 0.6) is 0 Å². The standard InChI is InChI=1S/C17H19BrOS/c18-14-8-5-4-6-12(14)10-15(19)17-11-13-7-2-1-3-9-16(13)20-17/h4-6,8,11,15,19H,1-3,7,9-10H2. The summed E-state index contributed by atoms with van der Waals surface area (Å²) in [6.07, 6.45) is 6.62. The molecule has 1 aliphatic rings. The van der Waals surface area contributed by atoms with Crippen molar-refractivity contribution in [3.05, 3.63) is 55.7 Å². The van der Waals surface area contributed by atoms with Crippen LogP contribution in [0, 0.1) is 0 Å². The van der Waals surface area contributed by atoms with Crippen LogP contribution < -0.4 is 0 Å². The summed E-state index contributed by atoms with van der Waals surface area (Å²) in [4.78, 5) is 2.64. The molecule has 0 spiro atoms. The zero-order valence-corrected chi connectivity index (χ0v) is 13.8. The van der Waals surface area contributed by atoms with E-state index in [0.29, 0.717) is 6.42 Å². The normalized spacial score (nSPS) is 16.5. The SMILES string of the molecule is OC(Cc1ccccc1Br)c1cc2c(s1)CCCCC2. The molecule has 1 aliphatic carbocycles. The molecule has 1 N–H and O–H groups in total. The van der Waals surface area contributed by atoms with E-state index < -0.39 is 0 Å². The van der Waals surface area contributed by atoms with Crippen LogP contribution in [0.15, 0.2) is 34.8 Å². The molecule has 0 saturated carbocycles. The molecule has 1 nitrogen and oxygen atoms in total. The lowest BCUT2D eigenvalue weighted by molar-refractivity contribution is 0.182. The van der Waals surface area contributed by atoms with E-state index >= 15 is 0 Å². The predicted octanol–water partition coefficient (Wildman–Crippen LogP) is 5.06. The number of halogens is 1. The third-order valence-electron chi connectivity index (χ3n) is 3.97. The Labute approximate surface area is 132 Å². The van der Waals surface area contributed by atoms with E-state index in [4.69, 9.17) is 0 Å². The summed E-state index contributed by atoms with van der Waals surface area (Å²) in [5, 5.41) is 10.5. The van der Waals surface area contributed by atoms with E-state index in [9.17, 15) is 5.11 Å². The van der Waals surface area contributed by atoms with Gasteiger partial charge in [0.25, 0.3) is 0 Å². The Morgan fingerprint density at radius 1 is 1.15 bits per heavy atom. The maximum atomic E-state index is 10.5. The quantitative estimate of drug-likeness (QED) is 0.767. The summed E-state index contributed by atoms with van der Waals surface area (Å²) in [6, 6.07) is 10.4. The molecule has 0 aliphatic heterocycles. The van der Waals surface area contributed by atoms with Gasteiger partial charge in [0.1, 0.15) is 0 Å². The lowest BCUT2D eigenvalue weighted by atomic mass is 10.1. The number of aliphatic hydroxyl groups is 1. The first-order chi connectivity index (χ1) is 9.74. The molecule has 3 rings (SSSR count). The van der Waals surface area contributed by atoms with Gasteiger partial charge in [0.05, 0.1) is 6.10 Å². The van der Waals surface area contributed by atoms with Crippen molar-refractivity contribution in [3.8, 4) is 0 Å². The Morgan fingerprint density at radius 3 is 2.80 bits per heavy atom. The highest BCUT2D eigenvalue weighted by atomic mass is 79.9. The van der Waals surface area contributed by atoms with Crippen LogP contribution in [-0.2, 0) is 19.3 Å². The van der Waals surface area contributed by atoms with Crippen molar-refractivity contribution in [3.63, 3.8) is 0 Å². The van der Waals surface area contributed by atoms with Gasteiger partial charge in [0, 0.05) is 20.6 Å². The van der Waals surface area contributed by atoms with E-state index in [-0.39, 0.29) is 6.10 Å². The van der Waals surface area contributed by atoms with Crippen molar-refractivity contribution in [1.29, 1.82) is 0 Å². The Bertz CT molecular complexity index is 567.